The molecule has 2 aliphatic heterocycles. The summed E-state index contributed by atoms with van der Waals surface area (Å²) in [6.45, 7) is 2.81. The Bertz CT molecular complexity index is 1230. The van der Waals surface area contributed by atoms with Crippen LogP contribution in [-0.2, 0) is 4.79 Å². The van der Waals surface area contributed by atoms with Gasteiger partial charge in [-0.05, 0) is 78.4 Å². The summed E-state index contributed by atoms with van der Waals surface area (Å²) in [6, 6.07) is 15.9. The molecule has 2 aromatic carbocycles. The monoisotopic (exact) mass is 502 g/mol. The maximum atomic E-state index is 12.6. The first kappa shape index (κ1) is 24.3. The number of hydrogen-bond acceptors (Lipinski definition) is 6. The zero-order valence-corrected chi connectivity index (χ0v) is 21.2. The van der Waals surface area contributed by atoms with Gasteiger partial charge in [0.1, 0.15) is 29.8 Å². The van der Waals surface area contributed by atoms with Crippen molar-refractivity contribution in [3.05, 3.63) is 65.2 Å². The smallest absolute Gasteiger partial charge is 0.283 e. The minimum Gasteiger partial charge on any atom is -0.490 e. The summed E-state index contributed by atoms with van der Waals surface area (Å²) in [4.78, 5) is 16.7. The van der Waals surface area contributed by atoms with Crippen molar-refractivity contribution in [2.45, 2.75) is 51.4 Å². The van der Waals surface area contributed by atoms with Crippen LogP contribution in [-0.4, -0.2) is 40.2 Å². The van der Waals surface area contributed by atoms with Gasteiger partial charge in [-0.15, -0.1) is 0 Å². The molecule has 1 fully saturated rings. The number of aliphatic imine (C=N–C) groups is 1. The molecule has 8 heteroatoms. The number of rotatable bonds is 8. The molecular formula is C28H30N4O3S. The third kappa shape index (κ3) is 5.54. The van der Waals surface area contributed by atoms with Crippen LogP contribution in [0.5, 0.6) is 11.5 Å². The first-order valence-corrected chi connectivity index (χ1v) is 13.4. The summed E-state index contributed by atoms with van der Waals surface area (Å²) in [6.07, 6.45) is 9.00. The van der Waals surface area contributed by atoms with Gasteiger partial charge in [0.05, 0.1) is 5.57 Å². The highest BCUT2D eigenvalue weighted by Crippen LogP contribution is 2.33. The second-order valence-corrected chi connectivity index (χ2v) is 10.1. The number of hydrogen-bond donors (Lipinski definition) is 1. The fourth-order valence-electron chi connectivity index (χ4n) is 4.63. The zero-order valence-electron chi connectivity index (χ0n) is 20.4. The molecule has 5 rings (SSSR count). The highest BCUT2D eigenvalue weighted by Gasteiger charge is 2.35. The fourth-order valence-corrected chi connectivity index (χ4v) is 5.45. The molecule has 2 aromatic rings. The Hall–Kier alpha value is -3.39. The number of benzene rings is 2. The number of carbonyl (C=O) groups is 1. The molecular weight excluding hydrogens is 472 g/mol. The zero-order chi connectivity index (χ0) is 24.9. The molecule has 0 atom stereocenters. The number of carbonyl (C=O) groups excluding carboxylic acids is 1. The van der Waals surface area contributed by atoms with E-state index in [1.807, 2.05) is 43.3 Å². The number of amides is 1. The van der Waals surface area contributed by atoms with E-state index in [1.165, 1.54) is 54.4 Å². The van der Waals surface area contributed by atoms with Crippen molar-refractivity contribution in [1.29, 1.82) is 5.41 Å². The van der Waals surface area contributed by atoms with Crippen LogP contribution >= 0.6 is 11.8 Å². The molecule has 0 unspecified atom stereocenters. The molecule has 1 aliphatic carbocycles. The van der Waals surface area contributed by atoms with Crippen molar-refractivity contribution in [3.63, 3.8) is 0 Å². The molecule has 2 heterocycles. The maximum absolute atomic E-state index is 12.6. The number of ether oxygens (including phenoxy) is 2. The standard InChI is InChI=1S/C28H30N4O3S/c1-2-25-31-32-26(29)24(27(33)30-28(32)36-25)18-19-7-6-10-23(17-19)35-16-15-34-22-13-11-21(12-14-22)20-8-4-3-5-9-20/h6-7,10-14,17-18,20,29H,2-5,8-9,15-16H2,1H3/b24-18-,29-26?. The predicted octanol–water partition coefficient (Wildman–Crippen LogP) is 6.22. The Kier molecular flexibility index (Phi) is 7.51. The summed E-state index contributed by atoms with van der Waals surface area (Å²) >= 11 is 1.33. The van der Waals surface area contributed by atoms with Crippen LogP contribution in [0.2, 0.25) is 0 Å². The van der Waals surface area contributed by atoms with Crippen LogP contribution in [0.1, 0.15) is 62.5 Å². The molecule has 0 saturated heterocycles. The minimum absolute atomic E-state index is 0.0372. The summed E-state index contributed by atoms with van der Waals surface area (Å²) in [5.74, 6) is 1.81. The lowest BCUT2D eigenvalue weighted by molar-refractivity contribution is -0.114. The maximum Gasteiger partial charge on any atom is 0.283 e. The number of nitrogens with zero attached hydrogens (tertiary/aromatic N) is 3. The van der Waals surface area contributed by atoms with Crippen LogP contribution in [0.4, 0.5) is 0 Å². The van der Waals surface area contributed by atoms with E-state index in [9.17, 15) is 4.79 Å². The first-order chi connectivity index (χ1) is 17.6. The Morgan fingerprint density at radius 1 is 1.06 bits per heavy atom. The lowest BCUT2D eigenvalue weighted by Gasteiger charge is -2.22. The Balaban J connectivity index is 1.15. The van der Waals surface area contributed by atoms with Gasteiger partial charge in [-0.1, -0.05) is 50.5 Å². The average Bonchev–Trinajstić information content (AvgIpc) is 3.33. The third-order valence-corrected chi connectivity index (χ3v) is 7.60. The fraction of sp³-hybridized carbons (Fsp3) is 0.357. The summed E-state index contributed by atoms with van der Waals surface area (Å²) < 4.78 is 11.7. The van der Waals surface area contributed by atoms with E-state index in [2.05, 4.69) is 22.2 Å². The van der Waals surface area contributed by atoms with E-state index < -0.39 is 5.91 Å². The predicted molar refractivity (Wildman–Crippen MR) is 145 cm³/mol. The van der Waals surface area contributed by atoms with E-state index in [0.29, 0.717) is 30.0 Å². The van der Waals surface area contributed by atoms with Gasteiger partial charge in [-0.3, -0.25) is 10.2 Å². The van der Waals surface area contributed by atoms with Crippen LogP contribution in [0, 0.1) is 5.41 Å². The van der Waals surface area contributed by atoms with Crippen molar-refractivity contribution in [3.8, 4) is 11.5 Å². The van der Waals surface area contributed by atoms with E-state index in [4.69, 9.17) is 14.9 Å². The molecule has 1 N–H and O–H groups in total. The lowest BCUT2D eigenvalue weighted by Crippen LogP contribution is -2.35. The van der Waals surface area contributed by atoms with E-state index in [0.717, 1.165) is 22.8 Å². The highest BCUT2D eigenvalue weighted by atomic mass is 32.2. The number of hydrazone groups is 1. The molecule has 0 spiro atoms. The second kappa shape index (κ2) is 11.1. The van der Waals surface area contributed by atoms with Gasteiger partial charge in [0.15, 0.2) is 5.84 Å². The third-order valence-electron chi connectivity index (χ3n) is 6.55. The molecule has 0 radical (unpaired) electrons. The van der Waals surface area contributed by atoms with Gasteiger partial charge < -0.3 is 9.47 Å². The number of thioether (sulfide) groups is 1. The largest absolute Gasteiger partial charge is 0.490 e. The molecule has 36 heavy (non-hydrogen) atoms. The van der Waals surface area contributed by atoms with Gasteiger partial charge in [0.25, 0.3) is 5.91 Å². The van der Waals surface area contributed by atoms with Crippen molar-refractivity contribution < 1.29 is 14.3 Å². The first-order valence-electron chi connectivity index (χ1n) is 12.6. The molecule has 1 saturated carbocycles. The number of nitrogens with one attached hydrogen (secondary N) is 1. The normalized spacial score (nSPS) is 19.2. The van der Waals surface area contributed by atoms with E-state index in [1.54, 1.807) is 6.08 Å². The highest BCUT2D eigenvalue weighted by molar-refractivity contribution is 8.26. The van der Waals surface area contributed by atoms with E-state index >= 15 is 0 Å². The number of fused-ring (bicyclic) bond motifs is 1. The molecule has 186 valence electrons. The average molecular weight is 503 g/mol. The number of amidine groups is 2. The summed E-state index contributed by atoms with van der Waals surface area (Å²) in [5, 5.41) is 15.5. The molecule has 0 bridgehead atoms. The Morgan fingerprint density at radius 3 is 2.56 bits per heavy atom. The molecule has 3 aliphatic rings. The molecule has 7 nitrogen and oxygen atoms in total. The lowest BCUT2D eigenvalue weighted by atomic mass is 9.84. The van der Waals surface area contributed by atoms with Crippen LogP contribution in [0.3, 0.4) is 0 Å². The van der Waals surface area contributed by atoms with Crippen molar-refractivity contribution in [2.75, 3.05) is 13.2 Å². The van der Waals surface area contributed by atoms with Crippen molar-refractivity contribution >= 4 is 39.8 Å². The van der Waals surface area contributed by atoms with E-state index in [-0.39, 0.29) is 11.4 Å². The Morgan fingerprint density at radius 2 is 1.81 bits per heavy atom. The van der Waals surface area contributed by atoms with Gasteiger partial charge in [0.2, 0.25) is 5.17 Å². The second-order valence-electron chi connectivity index (χ2n) is 9.04. The van der Waals surface area contributed by atoms with Crippen LogP contribution in [0.25, 0.3) is 6.08 Å². The van der Waals surface area contributed by atoms with Gasteiger partial charge in [-0.2, -0.15) is 15.1 Å². The quantitative estimate of drug-likeness (QED) is 0.342. The Labute approximate surface area is 215 Å². The van der Waals surface area contributed by atoms with Crippen molar-refractivity contribution in [1.82, 2.24) is 5.01 Å². The SMILES string of the molecule is CCC1=NN2C(=N)/C(=C/c3cccc(OCCOc4ccc(C5CCCCC5)cc4)c3)C(=O)N=C2S1. The van der Waals surface area contributed by atoms with Gasteiger partial charge >= 0.3 is 0 Å². The molecule has 0 aromatic heterocycles. The van der Waals surface area contributed by atoms with Gasteiger partial charge in [0, 0.05) is 0 Å². The van der Waals surface area contributed by atoms with Crippen LogP contribution < -0.4 is 9.47 Å². The minimum atomic E-state index is -0.430. The topological polar surface area (TPSA) is 87.3 Å². The van der Waals surface area contributed by atoms with Gasteiger partial charge in [-0.25, -0.2) is 0 Å². The summed E-state index contributed by atoms with van der Waals surface area (Å²) in [5.41, 5.74) is 2.37. The summed E-state index contributed by atoms with van der Waals surface area (Å²) in [7, 11) is 0. The molecule has 1 amide bonds. The van der Waals surface area contributed by atoms with Crippen molar-refractivity contribution in [2.24, 2.45) is 10.1 Å². The van der Waals surface area contributed by atoms with Crippen LogP contribution in [0.15, 0.2) is 64.2 Å².